The minimum absolute atomic E-state index is 0.108. The topological polar surface area (TPSA) is 83.6 Å². The van der Waals surface area contributed by atoms with E-state index < -0.39 is 20.0 Å². The summed E-state index contributed by atoms with van der Waals surface area (Å²) in [6, 6.07) is 10.5. The van der Waals surface area contributed by atoms with Crippen LogP contribution in [-0.4, -0.2) is 35.7 Å². The molecule has 0 aliphatic carbocycles. The average Bonchev–Trinajstić information content (AvgIpc) is 2.62. The first-order valence-electron chi connectivity index (χ1n) is 9.04. The van der Waals surface area contributed by atoms with Crippen LogP contribution in [-0.2, 0) is 26.5 Å². The van der Waals surface area contributed by atoms with E-state index in [0.29, 0.717) is 30.6 Å². The Morgan fingerprint density at radius 2 is 1.82 bits per heavy atom. The van der Waals surface area contributed by atoms with Gasteiger partial charge in [0.1, 0.15) is 5.82 Å². The zero-order valence-corrected chi connectivity index (χ0v) is 17.2. The first-order chi connectivity index (χ1) is 13.2. The average molecular weight is 427 g/mol. The zero-order chi connectivity index (χ0) is 20.4. The molecule has 2 aromatic rings. The number of anilines is 1. The van der Waals surface area contributed by atoms with Crippen molar-refractivity contribution in [3.8, 4) is 0 Å². The van der Waals surface area contributed by atoms with E-state index in [1.54, 1.807) is 25.1 Å². The van der Waals surface area contributed by atoms with E-state index in [4.69, 9.17) is 0 Å². The second-order valence-corrected chi connectivity index (χ2v) is 10.6. The second kappa shape index (κ2) is 8.18. The van der Waals surface area contributed by atoms with Crippen molar-refractivity contribution in [3.05, 3.63) is 59.4 Å². The fraction of sp³-hybridized carbons (Fsp3) is 0.368. The van der Waals surface area contributed by atoms with Crippen LogP contribution in [0.2, 0.25) is 0 Å². The van der Waals surface area contributed by atoms with E-state index in [-0.39, 0.29) is 23.0 Å². The SMILES string of the molecule is Cc1cc(N2CCCCS2(=O)=O)ccc1S(=O)(=O)NCCc1ccc(F)cc1. The maximum absolute atomic E-state index is 12.9. The van der Waals surface area contributed by atoms with Gasteiger partial charge in [-0.25, -0.2) is 25.9 Å². The Labute approximate surface area is 165 Å². The quantitative estimate of drug-likeness (QED) is 0.770. The van der Waals surface area contributed by atoms with Gasteiger partial charge in [0, 0.05) is 13.1 Å². The molecule has 2 aromatic carbocycles. The predicted molar refractivity (Wildman–Crippen MR) is 107 cm³/mol. The third kappa shape index (κ3) is 4.71. The molecule has 0 spiro atoms. The number of sulfonamides is 2. The molecule has 0 unspecified atom stereocenters. The number of hydrogen-bond acceptors (Lipinski definition) is 4. The number of nitrogens with one attached hydrogen (secondary N) is 1. The highest BCUT2D eigenvalue weighted by Gasteiger charge is 2.27. The molecule has 9 heteroatoms. The first-order valence-corrected chi connectivity index (χ1v) is 12.1. The van der Waals surface area contributed by atoms with Crippen LogP contribution in [0, 0.1) is 12.7 Å². The molecule has 3 rings (SSSR count). The zero-order valence-electron chi connectivity index (χ0n) is 15.6. The molecule has 1 aliphatic heterocycles. The third-order valence-electron chi connectivity index (χ3n) is 4.70. The molecule has 1 N–H and O–H groups in total. The van der Waals surface area contributed by atoms with Gasteiger partial charge in [-0.15, -0.1) is 0 Å². The van der Waals surface area contributed by atoms with Crippen LogP contribution in [0.15, 0.2) is 47.4 Å². The maximum Gasteiger partial charge on any atom is 0.240 e. The molecular weight excluding hydrogens is 403 g/mol. The molecule has 28 heavy (non-hydrogen) atoms. The maximum atomic E-state index is 12.9. The van der Waals surface area contributed by atoms with Gasteiger partial charge in [-0.3, -0.25) is 4.31 Å². The Hall–Kier alpha value is -1.97. The summed E-state index contributed by atoms with van der Waals surface area (Å²) < 4.78 is 66.5. The van der Waals surface area contributed by atoms with Crippen molar-refractivity contribution in [3.63, 3.8) is 0 Å². The van der Waals surface area contributed by atoms with Gasteiger partial charge < -0.3 is 0 Å². The lowest BCUT2D eigenvalue weighted by molar-refractivity contribution is 0.574. The normalized spacial score (nSPS) is 16.9. The van der Waals surface area contributed by atoms with Crippen molar-refractivity contribution in [1.82, 2.24) is 4.72 Å². The number of aryl methyl sites for hydroxylation is 1. The Bertz CT molecular complexity index is 1050. The van der Waals surface area contributed by atoms with Gasteiger partial charge in [0.25, 0.3) is 0 Å². The van der Waals surface area contributed by atoms with Crippen molar-refractivity contribution >= 4 is 25.7 Å². The molecule has 152 valence electrons. The summed E-state index contributed by atoms with van der Waals surface area (Å²) in [6.45, 7) is 2.23. The van der Waals surface area contributed by atoms with Crippen LogP contribution >= 0.6 is 0 Å². The fourth-order valence-electron chi connectivity index (χ4n) is 3.23. The van der Waals surface area contributed by atoms with Crippen LogP contribution in [0.3, 0.4) is 0 Å². The Balaban J connectivity index is 1.72. The summed E-state index contributed by atoms with van der Waals surface area (Å²) in [5, 5.41) is 0. The molecule has 0 saturated carbocycles. The van der Waals surface area contributed by atoms with E-state index >= 15 is 0 Å². The van der Waals surface area contributed by atoms with E-state index in [9.17, 15) is 21.2 Å². The monoisotopic (exact) mass is 426 g/mol. The van der Waals surface area contributed by atoms with E-state index in [1.165, 1.54) is 28.6 Å². The number of rotatable bonds is 6. The van der Waals surface area contributed by atoms with Crippen molar-refractivity contribution in [1.29, 1.82) is 0 Å². The minimum Gasteiger partial charge on any atom is -0.270 e. The largest absolute Gasteiger partial charge is 0.270 e. The second-order valence-electron chi connectivity index (χ2n) is 6.82. The molecule has 0 bridgehead atoms. The fourth-order valence-corrected chi connectivity index (χ4v) is 6.12. The summed E-state index contributed by atoms with van der Waals surface area (Å²) >= 11 is 0. The van der Waals surface area contributed by atoms with Gasteiger partial charge in [0.15, 0.2) is 0 Å². The highest BCUT2D eigenvalue weighted by molar-refractivity contribution is 7.92. The Kier molecular flexibility index (Phi) is 6.07. The van der Waals surface area contributed by atoms with Gasteiger partial charge in [0.05, 0.1) is 16.3 Å². The lowest BCUT2D eigenvalue weighted by Crippen LogP contribution is -2.38. The number of nitrogens with zero attached hydrogens (tertiary/aromatic N) is 1. The van der Waals surface area contributed by atoms with Crippen LogP contribution in [0.5, 0.6) is 0 Å². The highest BCUT2D eigenvalue weighted by Crippen LogP contribution is 2.27. The molecule has 1 saturated heterocycles. The van der Waals surface area contributed by atoms with Crippen LogP contribution in [0.25, 0.3) is 0 Å². The molecule has 1 heterocycles. The summed E-state index contributed by atoms with van der Waals surface area (Å²) in [6.07, 6.45) is 1.86. The van der Waals surface area contributed by atoms with E-state index in [0.717, 1.165) is 12.0 Å². The number of benzene rings is 2. The third-order valence-corrected chi connectivity index (χ3v) is 8.20. The lowest BCUT2D eigenvalue weighted by Gasteiger charge is -2.28. The van der Waals surface area contributed by atoms with Gasteiger partial charge in [0.2, 0.25) is 20.0 Å². The van der Waals surface area contributed by atoms with Crippen LogP contribution in [0.1, 0.15) is 24.0 Å². The number of halogens is 1. The predicted octanol–water partition coefficient (Wildman–Crippen LogP) is 2.59. The van der Waals surface area contributed by atoms with Crippen LogP contribution in [0.4, 0.5) is 10.1 Å². The van der Waals surface area contributed by atoms with Crippen LogP contribution < -0.4 is 9.03 Å². The summed E-state index contributed by atoms with van der Waals surface area (Å²) in [5.41, 5.74) is 1.79. The molecule has 0 atom stereocenters. The number of hydrogen-bond donors (Lipinski definition) is 1. The molecular formula is C19H23FN2O4S2. The standard InChI is InChI=1S/C19H23FN2O4S2/c1-15-14-18(22-12-2-3-13-27(22,23)24)8-9-19(15)28(25,26)21-11-10-16-4-6-17(20)7-5-16/h4-9,14,21H,2-3,10-13H2,1H3. The van der Waals surface area contributed by atoms with Crippen molar-refractivity contribution in [2.75, 3.05) is 23.1 Å². The van der Waals surface area contributed by atoms with E-state index in [2.05, 4.69) is 4.72 Å². The Morgan fingerprint density at radius 1 is 1.11 bits per heavy atom. The molecule has 1 fully saturated rings. The Morgan fingerprint density at radius 3 is 2.46 bits per heavy atom. The first kappa shape index (κ1) is 20.8. The molecule has 6 nitrogen and oxygen atoms in total. The molecule has 0 amide bonds. The summed E-state index contributed by atoms with van der Waals surface area (Å²) in [4.78, 5) is 0.116. The van der Waals surface area contributed by atoms with Crippen molar-refractivity contribution in [2.45, 2.75) is 31.1 Å². The van der Waals surface area contributed by atoms with Crippen molar-refractivity contribution in [2.24, 2.45) is 0 Å². The van der Waals surface area contributed by atoms with Crippen molar-refractivity contribution < 1.29 is 21.2 Å². The highest BCUT2D eigenvalue weighted by atomic mass is 32.2. The molecule has 1 aliphatic rings. The molecule has 0 radical (unpaired) electrons. The summed E-state index contributed by atoms with van der Waals surface area (Å²) in [5.74, 6) is -0.229. The molecule has 0 aromatic heterocycles. The smallest absolute Gasteiger partial charge is 0.240 e. The summed E-state index contributed by atoms with van der Waals surface area (Å²) in [7, 11) is -7.09. The van der Waals surface area contributed by atoms with Gasteiger partial charge in [-0.05, 0) is 67.6 Å². The minimum atomic E-state index is -3.74. The van der Waals surface area contributed by atoms with Gasteiger partial charge >= 0.3 is 0 Å². The van der Waals surface area contributed by atoms with E-state index in [1.807, 2.05) is 0 Å². The van der Waals surface area contributed by atoms with Gasteiger partial charge in [-0.2, -0.15) is 0 Å². The lowest BCUT2D eigenvalue weighted by atomic mass is 10.1. The van der Waals surface area contributed by atoms with Gasteiger partial charge in [-0.1, -0.05) is 12.1 Å².